The Morgan fingerprint density at radius 2 is 2.08 bits per heavy atom. The fourth-order valence-corrected chi connectivity index (χ4v) is 1.78. The minimum absolute atomic E-state index is 0.0710. The highest BCUT2D eigenvalue weighted by Gasteiger charge is 2.41. The lowest BCUT2D eigenvalue weighted by Crippen LogP contribution is -2.42. The van der Waals surface area contributed by atoms with Crippen molar-refractivity contribution in [1.82, 2.24) is 4.90 Å². The zero-order chi connectivity index (χ0) is 10.1. The van der Waals surface area contributed by atoms with Crippen LogP contribution in [0.3, 0.4) is 0 Å². The molecule has 78 valence electrons. The Hall–Kier alpha value is -0.150. The van der Waals surface area contributed by atoms with Crippen molar-refractivity contribution in [2.75, 3.05) is 26.8 Å². The summed E-state index contributed by atoms with van der Waals surface area (Å²) in [5, 5.41) is 0. The number of alkyl halides is 1. The molecule has 1 aliphatic heterocycles. The number of hydrogen-bond donors (Lipinski definition) is 0. The van der Waals surface area contributed by atoms with E-state index in [-0.39, 0.29) is 12.1 Å². The van der Waals surface area contributed by atoms with Gasteiger partial charge in [0.1, 0.15) is 5.67 Å². The molecule has 0 bridgehead atoms. The molecule has 1 heterocycles. The maximum atomic E-state index is 13.9. The van der Waals surface area contributed by atoms with Crippen molar-refractivity contribution in [3.8, 4) is 0 Å². The molecule has 2 nitrogen and oxygen atoms in total. The fraction of sp³-hybridized carbons (Fsp3) is 1.00. The van der Waals surface area contributed by atoms with Crippen molar-refractivity contribution in [1.29, 1.82) is 0 Å². The number of methoxy groups -OCH3 is 1. The molecule has 13 heavy (non-hydrogen) atoms. The lowest BCUT2D eigenvalue weighted by atomic mass is 10.1. The molecule has 1 fully saturated rings. The summed E-state index contributed by atoms with van der Waals surface area (Å²) in [6.07, 6.45) is 0.595. The largest absolute Gasteiger partial charge is 0.381 e. The second-order valence-electron chi connectivity index (χ2n) is 4.93. The summed E-state index contributed by atoms with van der Waals surface area (Å²) in [4.78, 5) is 2.17. The quantitative estimate of drug-likeness (QED) is 0.657. The summed E-state index contributed by atoms with van der Waals surface area (Å²) in [7, 11) is 1.56. The van der Waals surface area contributed by atoms with E-state index in [0.717, 1.165) is 6.54 Å². The van der Waals surface area contributed by atoms with Crippen molar-refractivity contribution in [3.05, 3.63) is 0 Å². The summed E-state index contributed by atoms with van der Waals surface area (Å²) >= 11 is 0. The van der Waals surface area contributed by atoms with Gasteiger partial charge in [-0.2, -0.15) is 0 Å². The van der Waals surface area contributed by atoms with Gasteiger partial charge in [0.05, 0.1) is 6.61 Å². The summed E-state index contributed by atoms with van der Waals surface area (Å²) in [6.45, 7) is 7.91. The second kappa shape index (κ2) is 3.54. The van der Waals surface area contributed by atoms with Crippen LogP contribution >= 0.6 is 0 Å². The van der Waals surface area contributed by atoms with E-state index in [1.54, 1.807) is 7.11 Å². The lowest BCUT2D eigenvalue weighted by molar-refractivity contribution is 0.0375. The molecule has 3 heteroatoms. The Morgan fingerprint density at radius 1 is 1.46 bits per heavy atom. The third kappa shape index (κ3) is 2.64. The molecule has 1 atom stereocenters. The van der Waals surface area contributed by atoms with Gasteiger partial charge in [0.2, 0.25) is 0 Å². The minimum atomic E-state index is -1.12. The molecule has 0 saturated carbocycles. The standard InChI is InChI=1S/C10H20FNO/c1-9(2,3)12-6-5-10(11,7-12)8-13-4/h5-8H2,1-4H3. The van der Waals surface area contributed by atoms with Gasteiger partial charge in [0.15, 0.2) is 0 Å². The van der Waals surface area contributed by atoms with Gasteiger partial charge in [-0.25, -0.2) is 4.39 Å². The summed E-state index contributed by atoms with van der Waals surface area (Å²) in [5.74, 6) is 0. The number of halogens is 1. The van der Waals surface area contributed by atoms with Gasteiger partial charge in [0, 0.05) is 25.7 Å². The van der Waals surface area contributed by atoms with Gasteiger partial charge in [-0.15, -0.1) is 0 Å². The van der Waals surface area contributed by atoms with Gasteiger partial charge in [-0.05, 0) is 27.2 Å². The molecule has 0 N–H and O–H groups in total. The first-order chi connectivity index (χ1) is 5.87. The van der Waals surface area contributed by atoms with Crippen molar-refractivity contribution in [2.45, 2.75) is 38.4 Å². The molecule has 0 aromatic heterocycles. The molecular weight excluding hydrogens is 169 g/mol. The van der Waals surface area contributed by atoms with Crippen molar-refractivity contribution >= 4 is 0 Å². The van der Waals surface area contributed by atoms with E-state index in [1.165, 1.54) is 0 Å². The Bertz CT molecular complexity index is 178. The van der Waals surface area contributed by atoms with Crippen LogP contribution < -0.4 is 0 Å². The molecule has 0 aliphatic carbocycles. The number of likely N-dealkylation sites (tertiary alicyclic amines) is 1. The first kappa shape index (κ1) is 10.9. The van der Waals surface area contributed by atoms with E-state index in [0.29, 0.717) is 13.0 Å². The third-order valence-corrected chi connectivity index (χ3v) is 2.66. The van der Waals surface area contributed by atoms with Crippen molar-refractivity contribution in [3.63, 3.8) is 0 Å². The molecule has 1 rings (SSSR count). The van der Waals surface area contributed by atoms with Gasteiger partial charge < -0.3 is 4.74 Å². The molecule has 1 aliphatic rings. The number of nitrogens with zero attached hydrogens (tertiary/aromatic N) is 1. The van der Waals surface area contributed by atoms with E-state index in [9.17, 15) is 4.39 Å². The van der Waals surface area contributed by atoms with E-state index >= 15 is 0 Å². The van der Waals surface area contributed by atoms with Crippen molar-refractivity contribution < 1.29 is 9.13 Å². The Kier molecular flexibility index (Phi) is 2.98. The van der Waals surface area contributed by atoms with Crippen molar-refractivity contribution in [2.24, 2.45) is 0 Å². The SMILES string of the molecule is COCC1(F)CCN(C(C)(C)C)C1. The highest BCUT2D eigenvalue weighted by Crippen LogP contribution is 2.30. The normalized spacial score (nSPS) is 31.2. The molecule has 0 aromatic carbocycles. The summed E-state index contributed by atoms with van der Waals surface area (Å²) in [5.41, 5.74) is -1.05. The van der Waals surface area contributed by atoms with E-state index < -0.39 is 5.67 Å². The topological polar surface area (TPSA) is 12.5 Å². The monoisotopic (exact) mass is 189 g/mol. The van der Waals surface area contributed by atoms with Crippen LogP contribution in [0.25, 0.3) is 0 Å². The van der Waals surface area contributed by atoms with Gasteiger partial charge in [-0.3, -0.25) is 4.90 Å². The Balaban J connectivity index is 2.53. The Labute approximate surface area is 80.1 Å². The molecule has 1 saturated heterocycles. The van der Waals surface area contributed by atoms with Gasteiger partial charge in [0.25, 0.3) is 0 Å². The highest BCUT2D eigenvalue weighted by molar-refractivity contribution is 4.94. The smallest absolute Gasteiger partial charge is 0.148 e. The zero-order valence-electron chi connectivity index (χ0n) is 9.06. The molecule has 0 spiro atoms. The predicted octanol–water partition coefficient (Wildman–Crippen LogP) is 1.85. The minimum Gasteiger partial charge on any atom is -0.381 e. The summed E-state index contributed by atoms with van der Waals surface area (Å²) < 4.78 is 18.8. The third-order valence-electron chi connectivity index (χ3n) is 2.66. The maximum Gasteiger partial charge on any atom is 0.148 e. The van der Waals surface area contributed by atoms with Crippen LogP contribution in [0.2, 0.25) is 0 Å². The lowest BCUT2D eigenvalue weighted by Gasteiger charge is -2.32. The van der Waals surface area contributed by atoms with Crippen LogP contribution in [0.1, 0.15) is 27.2 Å². The van der Waals surface area contributed by atoms with Gasteiger partial charge >= 0.3 is 0 Å². The second-order valence-corrected chi connectivity index (χ2v) is 4.93. The molecule has 0 aromatic rings. The number of rotatable bonds is 2. The summed E-state index contributed by atoms with van der Waals surface area (Å²) in [6, 6.07) is 0. The fourth-order valence-electron chi connectivity index (χ4n) is 1.78. The van der Waals surface area contributed by atoms with Crippen LogP contribution in [0.15, 0.2) is 0 Å². The molecule has 0 radical (unpaired) electrons. The first-order valence-electron chi connectivity index (χ1n) is 4.80. The Morgan fingerprint density at radius 3 is 2.46 bits per heavy atom. The van der Waals surface area contributed by atoms with E-state index in [1.807, 2.05) is 0 Å². The molecule has 1 unspecified atom stereocenters. The van der Waals surface area contributed by atoms with Crippen LogP contribution in [-0.4, -0.2) is 42.9 Å². The number of ether oxygens (including phenoxy) is 1. The first-order valence-corrected chi connectivity index (χ1v) is 4.80. The number of hydrogen-bond acceptors (Lipinski definition) is 2. The van der Waals surface area contributed by atoms with E-state index in [4.69, 9.17) is 4.74 Å². The van der Waals surface area contributed by atoms with Crippen LogP contribution in [0, 0.1) is 0 Å². The average molecular weight is 189 g/mol. The maximum absolute atomic E-state index is 13.9. The van der Waals surface area contributed by atoms with Crippen LogP contribution in [0.5, 0.6) is 0 Å². The van der Waals surface area contributed by atoms with E-state index in [2.05, 4.69) is 25.7 Å². The van der Waals surface area contributed by atoms with Gasteiger partial charge in [-0.1, -0.05) is 0 Å². The van der Waals surface area contributed by atoms with Crippen LogP contribution in [0.4, 0.5) is 4.39 Å². The average Bonchev–Trinajstić information content (AvgIpc) is 2.31. The molecule has 0 amide bonds. The predicted molar refractivity (Wildman–Crippen MR) is 51.7 cm³/mol. The molecular formula is C10H20FNO. The zero-order valence-corrected chi connectivity index (χ0v) is 9.06. The highest BCUT2D eigenvalue weighted by atomic mass is 19.1. The van der Waals surface area contributed by atoms with Crippen LogP contribution in [-0.2, 0) is 4.74 Å².